The molecule has 3 amide bonds. The summed E-state index contributed by atoms with van der Waals surface area (Å²) < 4.78 is 10.2. The maximum absolute atomic E-state index is 12.8. The van der Waals surface area contributed by atoms with E-state index in [2.05, 4.69) is 10.6 Å². The standard InChI is InChI=1S/C22H33N3O5/c1-22(2,3)30-21(28)24-12-11-23-19(26)18-6-5-13-25(14-18)20(27)17-9-7-16(8-10-17)15-29-4/h7-10,18H,5-6,11-15H2,1-4H3,(H,23,26)(H,24,28). The molecule has 0 bridgehead atoms. The number of alkyl carbamates (subject to hydrolysis) is 1. The van der Waals surface area contributed by atoms with E-state index in [9.17, 15) is 14.4 Å². The zero-order valence-electron chi connectivity index (χ0n) is 18.3. The molecule has 2 N–H and O–H groups in total. The Morgan fingerprint density at radius 1 is 1.10 bits per heavy atom. The third kappa shape index (κ3) is 7.67. The zero-order valence-corrected chi connectivity index (χ0v) is 18.3. The molecule has 0 aliphatic carbocycles. The van der Waals surface area contributed by atoms with Gasteiger partial charge in [0, 0.05) is 38.9 Å². The number of ether oxygens (including phenoxy) is 2. The number of nitrogens with one attached hydrogen (secondary N) is 2. The van der Waals surface area contributed by atoms with E-state index in [1.165, 1.54) is 0 Å². The van der Waals surface area contributed by atoms with Crippen LogP contribution >= 0.6 is 0 Å². The molecule has 1 unspecified atom stereocenters. The second kappa shape index (κ2) is 11.0. The smallest absolute Gasteiger partial charge is 0.407 e. The van der Waals surface area contributed by atoms with E-state index in [1.54, 1.807) is 44.9 Å². The Hall–Kier alpha value is -2.61. The quantitative estimate of drug-likeness (QED) is 0.661. The minimum absolute atomic E-state index is 0.0666. The molecule has 1 aliphatic heterocycles. The number of carbonyl (C=O) groups excluding carboxylic acids is 3. The molecule has 1 heterocycles. The number of amides is 3. The second-order valence-corrected chi connectivity index (χ2v) is 8.44. The Kier molecular flexibility index (Phi) is 8.65. The Morgan fingerprint density at radius 3 is 2.40 bits per heavy atom. The number of rotatable bonds is 7. The van der Waals surface area contributed by atoms with Crippen LogP contribution in [0.25, 0.3) is 0 Å². The van der Waals surface area contributed by atoms with Crippen LogP contribution in [0, 0.1) is 5.92 Å². The average molecular weight is 420 g/mol. The lowest BCUT2D eigenvalue weighted by atomic mass is 9.96. The molecule has 1 aliphatic rings. The molecule has 0 radical (unpaired) electrons. The van der Waals surface area contributed by atoms with Crippen LogP contribution in [-0.4, -0.2) is 61.7 Å². The van der Waals surface area contributed by atoms with Gasteiger partial charge in [0.15, 0.2) is 0 Å². The van der Waals surface area contributed by atoms with Crippen molar-refractivity contribution >= 4 is 17.9 Å². The summed E-state index contributed by atoms with van der Waals surface area (Å²) in [5, 5.41) is 5.44. The van der Waals surface area contributed by atoms with Gasteiger partial charge in [-0.25, -0.2) is 4.79 Å². The molecule has 1 atom stereocenters. The van der Waals surface area contributed by atoms with Crippen molar-refractivity contribution in [2.45, 2.75) is 45.8 Å². The van der Waals surface area contributed by atoms with Gasteiger partial charge in [-0.3, -0.25) is 9.59 Å². The minimum Gasteiger partial charge on any atom is -0.444 e. The maximum Gasteiger partial charge on any atom is 0.407 e. The van der Waals surface area contributed by atoms with Crippen LogP contribution < -0.4 is 10.6 Å². The molecule has 166 valence electrons. The topological polar surface area (TPSA) is 97.0 Å². The maximum atomic E-state index is 12.8. The van der Waals surface area contributed by atoms with Gasteiger partial charge in [-0.2, -0.15) is 0 Å². The molecule has 30 heavy (non-hydrogen) atoms. The van der Waals surface area contributed by atoms with E-state index < -0.39 is 11.7 Å². The van der Waals surface area contributed by atoms with Crippen molar-refractivity contribution in [2.75, 3.05) is 33.3 Å². The molecule has 0 saturated carbocycles. The highest BCUT2D eigenvalue weighted by molar-refractivity contribution is 5.94. The van der Waals surface area contributed by atoms with Gasteiger partial charge in [-0.05, 0) is 51.3 Å². The molecule has 1 aromatic carbocycles. The van der Waals surface area contributed by atoms with Gasteiger partial charge in [0.05, 0.1) is 12.5 Å². The van der Waals surface area contributed by atoms with Gasteiger partial charge in [-0.15, -0.1) is 0 Å². The number of hydrogen-bond acceptors (Lipinski definition) is 5. The van der Waals surface area contributed by atoms with Crippen molar-refractivity contribution in [3.8, 4) is 0 Å². The highest BCUT2D eigenvalue weighted by Gasteiger charge is 2.28. The van der Waals surface area contributed by atoms with Gasteiger partial charge >= 0.3 is 6.09 Å². The molecule has 8 nitrogen and oxygen atoms in total. The Labute approximate surface area is 178 Å². The molecule has 8 heteroatoms. The van der Waals surface area contributed by atoms with Gasteiger partial charge in [0.1, 0.15) is 5.60 Å². The molecule has 1 fully saturated rings. The van der Waals surface area contributed by atoms with Crippen LogP contribution in [0.4, 0.5) is 4.79 Å². The summed E-state index contributed by atoms with van der Waals surface area (Å²) in [6, 6.07) is 7.34. The summed E-state index contributed by atoms with van der Waals surface area (Å²) in [6.07, 6.45) is 1.01. The fourth-order valence-corrected chi connectivity index (χ4v) is 3.28. The summed E-state index contributed by atoms with van der Waals surface area (Å²) in [4.78, 5) is 38.6. The van der Waals surface area contributed by atoms with Crippen LogP contribution in [0.1, 0.15) is 49.5 Å². The highest BCUT2D eigenvalue weighted by Crippen LogP contribution is 2.19. The average Bonchev–Trinajstić information content (AvgIpc) is 2.70. The van der Waals surface area contributed by atoms with E-state index in [1.807, 2.05) is 12.1 Å². The molecule has 1 saturated heterocycles. The summed E-state index contributed by atoms with van der Waals surface area (Å²) in [5.41, 5.74) is 1.05. The van der Waals surface area contributed by atoms with Crippen molar-refractivity contribution in [3.05, 3.63) is 35.4 Å². The van der Waals surface area contributed by atoms with E-state index in [4.69, 9.17) is 9.47 Å². The SMILES string of the molecule is COCc1ccc(C(=O)N2CCCC(C(=O)NCCNC(=O)OC(C)(C)C)C2)cc1. The molecular formula is C22H33N3O5. The van der Waals surface area contributed by atoms with E-state index in [0.717, 1.165) is 18.4 Å². The zero-order chi connectivity index (χ0) is 22.1. The largest absolute Gasteiger partial charge is 0.444 e. The van der Waals surface area contributed by atoms with Crippen molar-refractivity contribution in [1.29, 1.82) is 0 Å². The molecule has 0 aromatic heterocycles. The fraction of sp³-hybridized carbons (Fsp3) is 0.591. The number of carbonyl (C=O) groups is 3. The van der Waals surface area contributed by atoms with E-state index >= 15 is 0 Å². The number of hydrogen-bond donors (Lipinski definition) is 2. The number of likely N-dealkylation sites (tertiary alicyclic amines) is 1. The predicted molar refractivity (Wildman–Crippen MR) is 113 cm³/mol. The number of methoxy groups -OCH3 is 1. The minimum atomic E-state index is -0.560. The van der Waals surface area contributed by atoms with Crippen molar-refractivity contribution in [3.63, 3.8) is 0 Å². The number of benzene rings is 1. The van der Waals surface area contributed by atoms with Gasteiger partial charge < -0.3 is 25.0 Å². The van der Waals surface area contributed by atoms with Gasteiger partial charge in [0.2, 0.25) is 5.91 Å². The fourth-order valence-electron chi connectivity index (χ4n) is 3.28. The lowest BCUT2D eigenvalue weighted by molar-refractivity contribution is -0.126. The third-order valence-electron chi connectivity index (χ3n) is 4.68. The molecule has 2 rings (SSSR count). The first kappa shape index (κ1) is 23.7. The molecule has 0 spiro atoms. The van der Waals surface area contributed by atoms with Crippen LogP contribution in [0.2, 0.25) is 0 Å². The Morgan fingerprint density at radius 2 is 1.77 bits per heavy atom. The highest BCUT2D eigenvalue weighted by atomic mass is 16.6. The van der Waals surface area contributed by atoms with Crippen LogP contribution in [0.5, 0.6) is 0 Å². The number of piperidine rings is 1. The lowest BCUT2D eigenvalue weighted by Gasteiger charge is -2.32. The van der Waals surface area contributed by atoms with E-state index in [0.29, 0.717) is 31.8 Å². The normalized spacial score (nSPS) is 16.7. The first-order valence-electron chi connectivity index (χ1n) is 10.3. The molecular weight excluding hydrogens is 386 g/mol. The Bertz CT molecular complexity index is 727. The Balaban J connectivity index is 1.78. The van der Waals surface area contributed by atoms with Crippen LogP contribution in [0.15, 0.2) is 24.3 Å². The van der Waals surface area contributed by atoms with Crippen molar-refractivity contribution in [1.82, 2.24) is 15.5 Å². The van der Waals surface area contributed by atoms with Gasteiger partial charge in [-0.1, -0.05) is 12.1 Å². The summed E-state index contributed by atoms with van der Waals surface area (Å²) >= 11 is 0. The monoisotopic (exact) mass is 419 g/mol. The third-order valence-corrected chi connectivity index (χ3v) is 4.68. The van der Waals surface area contributed by atoms with Crippen molar-refractivity contribution in [2.24, 2.45) is 5.92 Å². The second-order valence-electron chi connectivity index (χ2n) is 8.44. The summed E-state index contributed by atoms with van der Waals surface area (Å²) in [6.45, 7) is 7.50. The molecule has 1 aromatic rings. The van der Waals surface area contributed by atoms with E-state index in [-0.39, 0.29) is 24.3 Å². The van der Waals surface area contributed by atoms with Gasteiger partial charge in [0.25, 0.3) is 5.91 Å². The first-order valence-corrected chi connectivity index (χ1v) is 10.3. The lowest BCUT2D eigenvalue weighted by Crippen LogP contribution is -2.46. The number of nitrogens with zero attached hydrogens (tertiary/aromatic N) is 1. The van der Waals surface area contributed by atoms with Crippen molar-refractivity contribution < 1.29 is 23.9 Å². The first-order chi connectivity index (χ1) is 14.2. The van der Waals surface area contributed by atoms with Crippen LogP contribution in [-0.2, 0) is 20.9 Å². The summed E-state index contributed by atoms with van der Waals surface area (Å²) in [5.74, 6) is -0.422. The predicted octanol–water partition coefficient (Wildman–Crippen LogP) is 2.33. The van der Waals surface area contributed by atoms with Crippen LogP contribution in [0.3, 0.4) is 0 Å². The summed E-state index contributed by atoms with van der Waals surface area (Å²) in [7, 11) is 1.63.